The van der Waals surface area contributed by atoms with Gasteiger partial charge in [-0.05, 0) is 44.1 Å². The summed E-state index contributed by atoms with van der Waals surface area (Å²) in [7, 11) is 2.17. The molecule has 1 aromatic carbocycles. The van der Waals surface area contributed by atoms with Crippen LogP contribution in [0.15, 0.2) is 24.3 Å². The second kappa shape index (κ2) is 5.32. The third-order valence-corrected chi connectivity index (χ3v) is 3.13. The standard InChI is InChI=1S/C13H20N2O/c1-15-8-2-3-13(9-15)14-12-6-4-11(10-16)5-7-12/h4-7,13-14,16H,2-3,8-10H2,1H3. The van der Waals surface area contributed by atoms with Crippen molar-refractivity contribution in [2.45, 2.75) is 25.5 Å². The van der Waals surface area contributed by atoms with Crippen LogP contribution in [-0.4, -0.2) is 36.2 Å². The Hall–Kier alpha value is -1.06. The van der Waals surface area contributed by atoms with E-state index in [-0.39, 0.29) is 6.61 Å². The largest absolute Gasteiger partial charge is 0.392 e. The van der Waals surface area contributed by atoms with Crippen LogP contribution in [0.25, 0.3) is 0 Å². The highest BCUT2D eigenvalue weighted by molar-refractivity contribution is 5.45. The highest BCUT2D eigenvalue weighted by Gasteiger charge is 2.16. The summed E-state index contributed by atoms with van der Waals surface area (Å²) in [6.45, 7) is 2.44. The summed E-state index contributed by atoms with van der Waals surface area (Å²) in [6.07, 6.45) is 2.51. The topological polar surface area (TPSA) is 35.5 Å². The highest BCUT2D eigenvalue weighted by atomic mass is 16.3. The maximum Gasteiger partial charge on any atom is 0.0681 e. The average molecular weight is 220 g/mol. The fraction of sp³-hybridized carbons (Fsp3) is 0.538. The summed E-state index contributed by atoms with van der Waals surface area (Å²) in [5.74, 6) is 0. The van der Waals surface area contributed by atoms with Gasteiger partial charge in [0.15, 0.2) is 0 Å². The molecular weight excluding hydrogens is 200 g/mol. The van der Waals surface area contributed by atoms with Crippen LogP contribution < -0.4 is 5.32 Å². The van der Waals surface area contributed by atoms with E-state index in [0.29, 0.717) is 6.04 Å². The number of hydrogen-bond acceptors (Lipinski definition) is 3. The van der Waals surface area contributed by atoms with Crippen molar-refractivity contribution in [1.82, 2.24) is 4.90 Å². The van der Waals surface area contributed by atoms with Crippen molar-refractivity contribution in [2.75, 3.05) is 25.5 Å². The Kier molecular flexibility index (Phi) is 3.80. The first-order valence-electron chi connectivity index (χ1n) is 5.93. The van der Waals surface area contributed by atoms with Crippen LogP contribution in [0.4, 0.5) is 5.69 Å². The Morgan fingerprint density at radius 1 is 1.38 bits per heavy atom. The van der Waals surface area contributed by atoms with E-state index in [4.69, 9.17) is 5.11 Å². The molecule has 0 aliphatic carbocycles. The molecule has 0 aromatic heterocycles. The average Bonchev–Trinajstić information content (AvgIpc) is 2.30. The quantitative estimate of drug-likeness (QED) is 0.813. The Labute approximate surface area is 97.1 Å². The van der Waals surface area contributed by atoms with Crippen molar-refractivity contribution >= 4 is 5.69 Å². The number of hydrogen-bond donors (Lipinski definition) is 2. The van der Waals surface area contributed by atoms with E-state index in [9.17, 15) is 0 Å². The number of aliphatic hydroxyl groups is 1. The van der Waals surface area contributed by atoms with Gasteiger partial charge in [-0.15, -0.1) is 0 Å². The summed E-state index contributed by atoms with van der Waals surface area (Å²) < 4.78 is 0. The molecule has 1 aliphatic heterocycles. The number of piperidine rings is 1. The van der Waals surface area contributed by atoms with Gasteiger partial charge in [0, 0.05) is 18.3 Å². The second-order valence-electron chi connectivity index (χ2n) is 4.60. The van der Waals surface area contributed by atoms with Crippen molar-refractivity contribution in [2.24, 2.45) is 0 Å². The summed E-state index contributed by atoms with van der Waals surface area (Å²) >= 11 is 0. The molecule has 0 bridgehead atoms. The van der Waals surface area contributed by atoms with Gasteiger partial charge in [-0.25, -0.2) is 0 Å². The van der Waals surface area contributed by atoms with Crippen molar-refractivity contribution < 1.29 is 5.11 Å². The minimum Gasteiger partial charge on any atom is -0.392 e. The van der Waals surface area contributed by atoms with Gasteiger partial charge in [-0.2, -0.15) is 0 Å². The van der Waals surface area contributed by atoms with Crippen LogP contribution in [0.1, 0.15) is 18.4 Å². The van der Waals surface area contributed by atoms with E-state index in [1.54, 1.807) is 0 Å². The van der Waals surface area contributed by atoms with Gasteiger partial charge in [-0.3, -0.25) is 0 Å². The van der Waals surface area contributed by atoms with Gasteiger partial charge in [0.2, 0.25) is 0 Å². The van der Waals surface area contributed by atoms with E-state index >= 15 is 0 Å². The minimum absolute atomic E-state index is 0.118. The smallest absolute Gasteiger partial charge is 0.0681 e. The molecule has 1 unspecified atom stereocenters. The van der Waals surface area contributed by atoms with E-state index in [2.05, 4.69) is 17.3 Å². The summed E-state index contributed by atoms with van der Waals surface area (Å²) in [6, 6.07) is 8.57. The first kappa shape index (κ1) is 11.4. The van der Waals surface area contributed by atoms with E-state index in [1.165, 1.54) is 19.4 Å². The molecule has 1 atom stereocenters. The van der Waals surface area contributed by atoms with Crippen LogP contribution >= 0.6 is 0 Å². The molecule has 0 spiro atoms. The molecule has 16 heavy (non-hydrogen) atoms. The Bertz CT molecular complexity index is 323. The fourth-order valence-electron chi connectivity index (χ4n) is 2.23. The third kappa shape index (κ3) is 2.97. The predicted octanol–water partition coefficient (Wildman–Crippen LogP) is 1.69. The van der Waals surface area contributed by atoms with Gasteiger partial charge in [0.25, 0.3) is 0 Å². The van der Waals surface area contributed by atoms with Crippen LogP contribution in [-0.2, 0) is 6.61 Å². The van der Waals surface area contributed by atoms with E-state index in [1.807, 2.05) is 24.3 Å². The number of likely N-dealkylation sites (N-methyl/N-ethyl adjacent to an activating group) is 1. The molecule has 0 saturated carbocycles. The van der Waals surface area contributed by atoms with Crippen molar-refractivity contribution in [3.63, 3.8) is 0 Å². The monoisotopic (exact) mass is 220 g/mol. The predicted molar refractivity (Wildman–Crippen MR) is 66.5 cm³/mol. The Balaban J connectivity index is 1.92. The van der Waals surface area contributed by atoms with Gasteiger partial charge >= 0.3 is 0 Å². The first-order valence-corrected chi connectivity index (χ1v) is 5.93. The van der Waals surface area contributed by atoms with Gasteiger partial charge in [0.1, 0.15) is 0 Å². The lowest BCUT2D eigenvalue weighted by atomic mass is 10.1. The van der Waals surface area contributed by atoms with Crippen molar-refractivity contribution in [1.29, 1.82) is 0 Å². The zero-order valence-corrected chi connectivity index (χ0v) is 9.82. The molecule has 1 aliphatic rings. The lowest BCUT2D eigenvalue weighted by molar-refractivity contribution is 0.261. The summed E-state index contributed by atoms with van der Waals surface area (Å²) in [5.41, 5.74) is 2.11. The lowest BCUT2D eigenvalue weighted by Gasteiger charge is -2.30. The molecule has 2 rings (SSSR count). The van der Waals surface area contributed by atoms with Gasteiger partial charge in [0.05, 0.1) is 6.61 Å². The molecule has 3 heteroatoms. The van der Waals surface area contributed by atoms with Crippen molar-refractivity contribution in [3.05, 3.63) is 29.8 Å². The van der Waals surface area contributed by atoms with Crippen LogP contribution in [0, 0.1) is 0 Å². The normalized spacial score (nSPS) is 22.0. The highest BCUT2D eigenvalue weighted by Crippen LogP contribution is 2.15. The SMILES string of the molecule is CN1CCCC(Nc2ccc(CO)cc2)C1. The number of aliphatic hydroxyl groups excluding tert-OH is 1. The molecule has 1 saturated heterocycles. The molecule has 3 nitrogen and oxygen atoms in total. The molecule has 1 fully saturated rings. The van der Waals surface area contributed by atoms with Gasteiger partial charge in [-0.1, -0.05) is 12.1 Å². The number of nitrogens with zero attached hydrogens (tertiary/aromatic N) is 1. The Morgan fingerprint density at radius 3 is 2.75 bits per heavy atom. The van der Waals surface area contributed by atoms with E-state index in [0.717, 1.165) is 17.8 Å². The molecule has 88 valence electrons. The molecule has 0 amide bonds. The molecular formula is C13H20N2O. The minimum atomic E-state index is 0.118. The van der Waals surface area contributed by atoms with E-state index < -0.39 is 0 Å². The zero-order valence-electron chi connectivity index (χ0n) is 9.82. The summed E-state index contributed by atoms with van der Waals surface area (Å²) in [5, 5.41) is 12.5. The maximum atomic E-state index is 8.96. The molecule has 0 radical (unpaired) electrons. The third-order valence-electron chi connectivity index (χ3n) is 3.13. The first-order chi connectivity index (χ1) is 7.78. The Morgan fingerprint density at radius 2 is 2.12 bits per heavy atom. The number of anilines is 1. The maximum absolute atomic E-state index is 8.96. The molecule has 2 N–H and O–H groups in total. The number of benzene rings is 1. The fourth-order valence-corrected chi connectivity index (χ4v) is 2.23. The number of rotatable bonds is 3. The molecule has 1 heterocycles. The van der Waals surface area contributed by atoms with Crippen LogP contribution in [0.5, 0.6) is 0 Å². The van der Waals surface area contributed by atoms with Crippen LogP contribution in [0.2, 0.25) is 0 Å². The summed E-state index contributed by atoms with van der Waals surface area (Å²) in [4.78, 5) is 2.36. The van der Waals surface area contributed by atoms with Crippen molar-refractivity contribution in [3.8, 4) is 0 Å². The van der Waals surface area contributed by atoms with Crippen LogP contribution in [0.3, 0.4) is 0 Å². The number of likely N-dealkylation sites (tertiary alicyclic amines) is 1. The lowest BCUT2D eigenvalue weighted by Crippen LogP contribution is -2.39. The zero-order chi connectivity index (χ0) is 11.4. The second-order valence-corrected chi connectivity index (χ2v) is 4.60. The van der Waals surface area contributed by atoms with Gasteiger partial charge < -0.3 is 15.3 Å². The molecule has 1 aromatic rings. The number of nitrogens with one attached hydrogen (secondary N) is 1.